The van der Waals surface area contributed by atoms with Crippen LogP contribution in [0.5, 0.6) is 11.5 Å². The van der Waals surface area contributed by atoms with Gasteiger partial charge in [-0.05, 0) is 81.4 Å². The molecule has 3 atom stereocenters. The normalized spacial score (nSPS) is 21.9. The van der Waals surface area contributed by atoms with E-state index in [4.69, 9.17) is 38.1 Å². The smallest absolute Gasteiger partial charge is 0.410 e. The number of hydrogen-bond donors (Lipinski definition) is 0. The molecule has 4 aromatic rings. The number of benzene rings is 3. The highest BCUT2D eigenvalue weighted by Crippen LogP contribution is 2.50. The first-order valence-electron chi connectivity index (χ1n) is 24.0. The molecule has 0 bridgehead atoms. The van der Waals surface area contributed by atoms with Crippen molar-refractivity contribution in [1.82, 2.24) is 19.8 Å². The van der Waals surface area contributed by atoms with Crippen LogP contribution in [0.25, 0.3) is 0 Å². The Labute approximate surface area is 434 Å². The van der Waals surface area contributed by atoms with Crippen LogP contribution in [0.15, 0.2) is 83.3 Å². The van der Waals surface area contributed by atoms with E-state index < -0.39 is 119 Å². The van der Waals surface area contributed by atoms with E-state index >= 15 is 0 Å². The number of ether oxygens (including phenoxy) is 6. The van der Waals surface area contributed by atoms with Crippen LogP contribution in [0, 0.1) is 12.8 Å². The summed E-state index contributed by atoms with van der Waals surface area (Å²) in [6.45, 7) is 15.1. The highest BCUT2D eigenvalue weighted by Gasteiger charge is 2.66. The summed E-state index contributed by atoms with van der Waals surface area (Å²) in [4.78, 5) is 131. The van der Waals surface area contributed by atoms with Crippen molar-refractivity contribution in [2.24, 2.45) is 11.1 Å². The average molecular weight is 1050 g/mol. The summed E-state index contributed by atoms with van der Waals surface area (Å²) >= 11 is 1.18. The van der Waals surface area contributed by atoms with E-state index in [0.717, 1.165) is 0 Å². The molecule has 0 N–H and O–H groups in total. The number of amides is 4. The number of cyclic esters (lactones) is 1. The van der Waals surface area contributed by atoms with E-state index in [2.05, 4.69) is 10.1 Å². The number of hydroxylamine groups is 2. The fraction of sp³-hybridized carbons (Fsp3) is 0.434. The van der Waals surface area contributed by atoms with Crippen molar-refractivity contribution >= 4 is 64.6 Å². The number of Topliss-reactive ketones (excluding diaryl/α,β-unsaturated/α-hetero) is 1. The maximum absolute atomic E-state index is 14.6. The van der Waals surface area contributed by atoms with Gasteiger partial charge in [0.15, 0.2) is 23.0 Å². The van der Waals surface area contributed by atoms with Gasteiger partial charge < -0.3 is 33.3 Å². The standard InChI is InChI=1S/C53H55N5O16S/c1-29-54-35(26-75-29)40(55-74-51(45(64)71-48(2,3)4)27-56(28-51)47(66)73-50(8,9)10)37(59)21-30-25-67-58(41(30)60)52(46(65)72-49(5,6)7)24-36(44(63)70-52)57-42(61)33-22-38-39(23-34(33)43(57)62)69-53(68-38,31-17-13-11-14-18-31)32-19-15-12-16-20-32/h11-20,22-23,26,30,36H,21,24-25,27-28H2,1-10H3/b55-40-/t30-,36-,52?/m0/s1. The second-order valence-corrected chi connectivity index (χ2v) is 22.7. The second-order valence-electron chi connectivity index (χ2n) is 21.7. The molecule has 3 aromatic carbocycles. The molecule has 9 rings (SSSR count). The number of likely N-dealkylation sites (tertiary alicyclic amines) is 1. The van der Waals surface area contributed by atoms with Gasteiger partial charge in [-0.2, -0.15) is 5.06 Å². The van der Waals surface area contributed by atoms with Gasteiger partial charge in [-0.1, -0.05) is 65.8 Å². The fourth-order valence-corrected chi connectivity index (χ4v) is 9.54. The molecular formula is C53H55N5O16S. The third kappa shape index (κ3) is 9.79. The summed E-state index contributed by atoms with van der Waals surface area (Å²) in [7, 11) is 0. The van der Waals surface area contributed by atoms with Crippen molar-refractivity contribution in [3.63, 3.8) is 0 Å². The monoisotopic (exact) mass is 1050 g/mol. The van der Waals surface area contributed by atoms with Crippen LogP contribution < -0.4 is 9.47 Å². The van der Waals surface area contributed by atoms with E-state index in [0.29, 0.717) is 26.1 Å². The maximum atomic E-state index is 14.6. The molecule has 3 saturated heterocycles. The van der Waals surface area contributed by atoms with Crippen LogP contribution in [-0.4, -0.2) is 127 Å². The quantitative estimate of drug-likeness (QED) is 0.0506. The number of carbonyl (C=O) groups is 8. The lowest BCUT2D eigenvalue weighted by Gasteiger charge is -2.46. The number of fused-ring (bicyclic) bond motifs is 2. The summed E-state index contributed by atoms with van der Waals surface area (Å²) in [6.07, 6.45) is -2.18. The lowest BCUT2D eigenvalue weighted by Crippen LogP contribution is -2.69. The number of imide groups is 1. The van der Waals surface area contributed by atoms with Crippen LogP contribution >= 0.6 is 11.3 Å². The minimum Gasteiger partial charge on any atom is -0.457 e. The summed E-state index contributed by atoms with van der Waals surface area (Å²) in [5.74, 6) is -9.57. The zero-order valence-corrected chi connectivity index (χ0v) is 43.7. The molecule has 0 radical (unpaired) electrons. The summed E-state index contributed by atoms with van der Waals surface area (Å²) in [5.41, 5.74) is -6.96. The molecule has 1 unspecified atom stereocenters. The molecule has 22 heteroatoms. The Kier molecular flexibility index (Phi) is 12.9. The number of thiazole rings is 1. The minimum atomic E-state index is -2.70. The van der Waals surface area contributed by atoms with Crippen molar-refractivity contribution in [1.29, 1.82) is 0 Å². The Hall–Kier alpha value is -7.72. The van der Waals surface area contributed by atoms with Crippen molar-refractivity contribution in [3.05, 3.63) is 111 Å². The van der Waals surface area contributed by atoms with Crippen LogP contribution in [-0.2, 0) is 58.4 Å². The molecule has 75 heavy (non-hydrogen) atoms. The van der Waals surface area contributed by atoms with Crippen molar-refractivity contribution in [3.8, 4) is 11.5 Å². The Balaban J connectivity index is 0.965. The molecule has 394 valence electrons. The van der Waals surface area contributed by atoms with E-state index in [-0.39, 0.29) is 41.4 Å². The molecular weight excluding hydrogens is 995 g/mol. The molecule has 3 fully saturated rings. The molecule has 21 nitrogen and oxygen atoms in total. The second kappa shape index (κ2) is 18.6. The van der Waals surface area contributed by atoms with E-state index in [1.807, 2.05) is 60.7 Å². The van der Waals surface area contributed by atoms with Gasteiger partial charge in [0.1, 0.15) is 28.5 Å². The zero-order chi connectivity index (χ0) is 54.2. The SMILES string of the molecule is Cc1nc(/C(=N/OC2(C(=O)OC(C)(C)C)CN(C(=O)OC(C)(C)C)C2)C(=O)C[C@H]2CON(C3(C(=O)OC(C)(C)C)C[C@H](N4C(=O)c5cc6c(cc5C4=O)OC(c4ccccc4)(c4ccccc4)O6)C(=O)O3)C2=O)cs1. The Morgan fingerprint density at radius 1 is 0.747 bits per heavy atom. The first kappa shape index (κ1) is 52.2. The van der Waals surface area contributed by atoms with Gasteiger partial charge in [-0.15, -0.1) is 11.3 Å². The number of ketones is 1. The van der Waals surface area contributed by atoms with Crippen molar-refractivity contribution in [2.75, 3.05) is 19.7 Å². The van der Waals surface area contributed by atoms with Crippen LogP contribution in [0.4, 0.5) is 4.79 Å². The highest BCUT2D eigenvalue weighted by atomic mass is 32.1. The minimum absolute atomic E-state index is 0.0437. The molecule has 6 heterocycles. The molecule has 5 aliphatic rings. The van der Waals surface area contributed by atoms with Gasteiger partial charge in [-0.3, -0.25) is 33.8 Å². The van der Waals surface area contributed by atoms with Crippen LogP contribution in [0.3, 0.4) is 0 Å². The lowest BCUT2D eigenvalue weighted by atomic mass is 9.94. The Morgan fingerprint density at radius 2 is 1.28 bits per heavy atom. The van der Waals surface area contributed by atoms with E-state index in [1.54, 1.807) is 48.5 Å². The van der Waals surface area contributed by atoms with Crippen molar-refractivity contribution < 1.29 is 76.5 Å². The number of rotatable bonds is 12. The van der Waals surface area contributed by atoms with Gasteiger partial charge in [0.05, 0.1) is 48.2 Å². The zero-order valence-electron chi connectivity index (χ0n) is 42.9. The molecule has 5 aliphatic heterocycles. The lowest BCUT2D eigenvalue weighted by molar-refractivity contribution is -0.263. The number of aryl methyl sites for hydroxylation is 1. The number of aromatic nitrogens is 1. The number of nitrogens with zero attached hydrogens (tertiary/aromatic N) is 5. The Bertz CT molecular complexity index is 2970. The van der Waals surface area contributed by atoms with Gasteiger partial charge in [-0.25, -0.2) is 24.2 Å². The topological polar surface area (TPSA) is 245 Å². The summed E-state index contributed by atoms with van der Waals surface area (Å²) in [5, 5.41) is 6.72. The first-order chi connectivity index (χ1) is 35.1. The highest BCUT2D eigenvalue weighted by molar-refractivity contribution is 7.09. The molecule has 0 aliphatic carbocycles. The van der Waals surface area contributed by atoms with Crippen LogP contribution in [0.2, 0.25) is 0 Å². The molecule has 0 spiro atoms. The number of carbonyl (C=O) groups excluding carboxylic acids is 8. The maximum Gasteiger partial charge on any atom is 0.410 e. The fourth-order valence-electron chi connectivity index (χ4n) is 8.95. The average Bonchev–Trinajstić information content (AvgIpc) is 4.13. The predicted octanol–water partition coefficient (Wildman–Crippen LogP) is 6.17. The number of esters is 3. The number of hydrogen-bond acceptors (Lipinski definition) is 19. The Morgan fingerprint density at radius 3 is 1.79 bits per heavy atom. The summed E-state index contributed by atoms with van der Waals surface area (Å²) in [6, 6.07) is 19.1. The van der Waals surface area contributed by atoms with Gasteiger partial charge in [0.25, 0.3) is 23.3 Å². The van der Waals surface area contributed by atoms with Gasteiger partial charge in [0, 0.05) is 22.9 Å². The predicted molar refractivity (Wildman–Crippen MR) is 262 cm³/mol. The van der Waals surface area contributed by atoms with E-state index in [1.165, 1.54) is 54.5 Å². The molecule has 0 saturated carbocycles. The first-order valence-corrected chi connectivity index (χ1v) is 24.9. The van der Waals surface area contributed by atoms with Gasteiger partial charge >= 0.3 is 35.5 Å². The van der Waals surface area contributed by atoms with Crippen molar-refractivity contribution in [2.45, 2.75) is 122 Å². The van der Waals surface area contributed by atoms with Gasteiger partial charge in [0.2, 0.25) is 0 Å². The third-order valence-corrected chi connectivity index (χ3v) is 13.1. The molecule has 4 amide bonds. The number of oxime groups is 1. The summed E-state index contributed by atoms with van der Waals surface area (Å²) < 4.78 is 35.6. The van der Waals surface area contributed by atoms with Crippen LogP contribution in [0.1, 0.15) is 118 Å². The molecule has 1 aromatic heterocycles. The largest absolute Gasteiger partial charge is 0.457 e. The third-order valence-electron chi connectivity index (χ3n) is 12.3. The van der Waals surface area contributed by atoms with E-state index in [9.17, 15) is 38.4 Å².